The summed E-state index contributed by atoms with van der Waals surface area (Å²) in [5.74, 6) is 0.569. The number of rotatable bonds is 4. The molecule has 4 nitrogen and oxygen atoms in total. The predicted molar refractivity (Wildman–Crippen MR) is 85.2 cm³/mol. The van der Waals surface area contributed by atoms with E-state index in [1.807, 2.05) is 4.90 Å². The maximum absolute atomic E-state index is 12.1. The summed E-state index contributed by atoms with van der Waals surface area (Å²) in [6.07, 6.45) is 2.01. The molecule has 1 fully saturated rings. The van der Waals surface area contributed by atoms with Gasteiger partial charge in [0.15, 0.2) is 6.61 Å². The Balaban J connectivity index is 1.81. The zero-order valence-corrected chi connectivity index (χ0v) is 13.8. The second-order valence-corrected chi connectivity index (χ2v) is 6.25. The van der Waals surface area contributed by atoms with Crippen LogP contribution < -0.4 is 4.74 Å². The number of nitrogens with zero attached hydrogens (tertiary/aromatic N) is 2. The molecule has 0 saturated carbocycles. The Morgan fingerprint density at radius 1 is 1.29 bits per heavy atom. The molecule has 0 atom stereocenters. The molecule has 1 aromatic carbocycles. The number of ether oxygens (including phenoxy) is 1. The smallest absolute Gasteiger partial charge is 0.260 e. The Labute approximate surface area is 135 Å². The normalized spacial score (nSPS) is 16.3. The van der Waals surface area contributed by atoms with Crippen LogP contribution in [0.3, 0.4) is 0 Å². The third-order valence-electron chi connectivity index (χ3n) is 3.80. The summed E-state index contributed by atoms with van der Waals surface area (Å²) >= 11 is 11.7. The summed E-state index contributed by atoms with van der Waals surface area (Å²) in [7, 11) is 4.16. The van der Waals surface area contributed by atoms with Crippen LogP contribution in [-0.2, 0) is 4.79 Å². The third-order valence-corrected chi connectivity index (χ3v) is 4.54. The molecule has 0 unspecified atom stereocenters. The lowest BCUT2D eigenvalue weighted by atomic mass is 10.0. The summed E-state index contributed by atoms with van der Waals surface area (Å²) in [5, 5.41) is 0.898. The van der Waals surface area contributed by atoms with Gasteiger partial charge in [0, 0.05) is 25.2 Å². The van der Waals surface area contributed by atoms with Crippen molar-refractivity contribution in [3.63, 3.8) is 0 Å². The molecule has 0 aromatic heterocycles. The summed E-state index contributed by atoms with van der Waals surface area (Å²) < 4.78 is 5.49. The van der Waals surface area contributed by atoms with Crippen molar-refractivity contribution in [2.45, 2.75) is 18.9 Å². The first-order valence-corrected chi connectivity index (χ1v) is 7.75. The lowest BCUT2D eigenvalue weighted by Crippen LogP contribution is -2.45. The van der Waals surface area contributed by atoms with Gasteiger partial charge in [-0.15, -0.1) is 0 Å². The Morgan fingerprint density at radius 2 is 1.95 bits per heavy atom. The van der Waals surface area contributed by atoms with Gasteiger partial charge in [0.05, 0.1) is 10.0 Å². The number of amides is 1. The molecule has 0 N–H and O–H groups in total. The van der Waals surface area contributed by atoms with Gasteiger partial charge in [0.1, 0.15) is 5.75 Å². The van der Waals surface area contributed by atoms with Crippen molar-refractivity contribution in [2.75, 3.05) is 33.8 Å². The van der Waals surface area contributed by atoms with Crippen LogP contribution >= 0.6 is 23.2 Å². The second-order valence-electron chi connectivity index (χ2n) is 5.44. The molecule has 1 aliphatic heterocycles. The number of carbonyl (C=O) groups is 1. The number of benzene rings is 1. The van der Waals surface area contributed by atoms with E-state index in [4.69, 9.17) is 27.9 Å². The standard InChI is InChI=1S/C15H20Cl2N2O2/c1-18(2)11-5-7-19(8-6-11)15(20)10-21-12-3-4-13(16)14(17)9-12/h3-4,9,11H,5-8,10H2,1-2H3. The summed E-state index contributed by atoms with van der Waals surface area (Å²) in [5.41, 5.74) is 0. The lowest BCUT2D eigenvalue weighted by Gasteiger charge is -2.35. The number of likely N-dealkylation sites (tertiary alicyclic amines) is 1. The van der Waals surface area contributed by atoms with Crippen LogP contribution in [0.2, 0.25) is 10.0 Å². The number of hydrogen-bond acceptors (Lipinski definition) is 3. The lowest BCUT2D eigenvalue weighted by molar-refractivity contribution is -0.134. The van der Waals surface area contributed by atoms with Crippen molar-refractivity contribution in [1.82, 2.24) is 9.80 Å². The Bertz CT molecular complexity index is 500. The molecule has 2 rings (SSSR count). The van der Waals surface area contributed by atoms with E-state index in [1.54, 1.807) is 18.2 Å². The molecule has 1 saturated heterocycles. The van der Waals surface area contributed by atoms with E-state index >= 15 is 0 Å². The van der Waals surface area contributed by atoms with E-state index in [2.05, 4.69) is 19.0 Å². The first-order valence-electron chi connectivity index (χ1n) is 6.99. The predicted octanol–water partition coefficient (Wildman–Crippen LogP) is 2.92. The van der Waals surface area contributed by atoms with Crippen LogP contribution in [0.15, 0.2) is 18.2 Å². The number of piperidine rings is 1. The highest BCUT2D eigenvalue weighted by molar-refractivity contribution is 6.42. The fourth-order valence-electron chi connectivity index (χ4n) is 2.43. The van der Waals surface area contributed by atoms with Crippen LogP contribution in [0, 0.1) is 0 Å². The summed E-state index contributed by atoms with van der Waals surface area (Å²) in [4.78, 5) is 16.2. The topological polar surface area (TPSA) is 32.8 Å². The van der Waals surface area contributed by atoms with Crippen molar-refractivity contribution in [3.05, 3.63) is 28.2 Å². The molecular weight excluding hydrogens is 311 g/mol. The minimum atomic E-state index is 0.0123. The monoisotopic (exact) mass is 330 g/mol. The SMILES string of the molecule is CN(C)C1CCN(C(=O)COc2ccc(Cl)c(Cl)c2)CC1. The average molecular weight is 331 g/mol. The van der Waals surface area contributed by atoms with Gasteiger partial charge in [-0.1, -0.05) is 23.2 Å². The molecule has 21 heavy (non-hydrogen) atoms. The maximum Gasteiger partial charge on any atom is 0.260 e. The van der Waals surface area contributed by atoms with E-state index in [1.165, 1.54) is 0 Å². The molecule has 1 amide bonds. The van der Waals surface area contributed by atoms with E-state index < -0.39 is 0 Å². The van der Waals surface area contributed by atoms with Gasteiger partial charge in [-0.2, -0.15) is 0 Å². The number of halogens is 2. The van der Waals surface area contributed by atoms with Crippen molar-refractivity contribution in [1.29, 1.82) is 0 Å². The van der Waals surface area contributed by atoms with Gasteiger partial charge in [-0.25, -0.2) is 0 Å². The minimum absolute atomic E-state index is 0.0123. The van der Waals surface area contributed by atoms with E-state index in [0.29, 0.717) is 21.8 Å². The zero-order valence-electron chi connectivity index (χ0n) is 12.3. The quantitative estimate of drug-likeness (QED) is 0.850. The molecule has 116 valence electrons. The molecule has 0 bridgehead atoms. The van der Waals surface area contributed by atoms with Crippen molar-refractivity contribution in [3.8, 4) is 5.75 Å². The highest BCUT2D eigenvalue weighted by Crippen LogP contribution is 2.26. The molecule has 0 aliphatic carbocycles. The summed E-state index contributed by atoms with van der Waals surface area (Å²) in [6.45, 7) is 1.60. The fraction of sp³-hybridized carbons (Fsp3) is 0.533. The van der Waals surface area contributed by atoms with Crippen molar-refractivity contribution >= 4 is 29.1 Å². The minimum Gasteiger partial charge on any atom is -0.484 e. The van der Waals surface area contributed by atoms with Crippen LogP contribution in [0.25, 0.3) is 0 Å². The largest absolute Gasteiger partial charge is 0.484 e. The van der Waals surface area contributed by atoms with Gasteiger partial charge in [-0.3, -0.25) is 4.79 Å². The summed E-state index contributed by atoms with van der Waals surface area (Å²) in [6, 6.07) is 5.55. The van der Waals surface area contributed by atoms with E-state index in [-0.39, 0.29) is 12.5 Å². The molecule has 6 heteroatoms. The van der Waals surface area contributed by atoms with Crippen LogP contribution in [0.5, 0.6) is 5.75 Å². The highest BCUT2D eigenvalue weighted by Gasteiger charge is 2.23. The number of hydrogen-bond donors (Lipinski definition) is 0. The van der Waals surface area contributed by atoms with Gasteiger partial charge in [0.25, 0.3) is 5.91 Å². The van der Waals surface area contributed by atoms with Crippen molar-refractivity contribution in [2.24, 2.45) is 0 Å². The van der Waals surface area contributed by atoms with Gasteiger partial charge in [-0.05, 0) is 39.1 Å². The van der Waals surface area contributed by atoms with Gasteiger partial charge < -0.3 is 14.5 Å². The zero-order chi connectivity index (χ0) is 15.4. The van der Waals surface area contributed by atoms with Crippen molar-refractivity contribution < 1.29 is 9.53 Å². The van der Waals surface area contributed by atoms with Crippen LogP contribution in [-0.4, -0.2) is 55.5 Å². The molecule has 0 radical (unpaired) electrons. The van der Waals surface area contributed by atoms with Crippen LogP contribution in [0.1, 0.15) is 12.8 Å². The van der Waals surface area contributed by atoms with Gasteiger partial charge in [0.2, 0.25) is 0 Å². The fourth-order valence-corrected chi connectivity index (χ4v) is 2.72. The molecule has 1 aromatic rings. The average Bonchev–Trinajstić information content (AvgIpc) is 2.48. The Hall–Kier alpha value is -0.970. The first-order chi connectivity index (χ1) is 9.97. The van der Waals surface area contributed by atoms with Crippen LogP contribution in [0.4, 0.5) is 0 Å². The van der Waals surface area contributed by atoms with E-state index in [0.717, 1.165) is 25.9 Å². The van der Waals surface area contributed by atoms with E-state index in [9.17, 15) is 4.79 Å². The Kier molecular flexibility index (Phi) is 5.73. The number of carbonyl (C=O) groups excluding carboxylic acids is 1. The van der Waals surface area contributed by atoms with Gasteiger partial charge >= 0.3 is 0 Å². The third kappa shape index (κ3) is 4.50. The Morgan fingerprint density at radius 3 is 2.52 bits per heavy atom. The molecule has 1 aliphatic rings. The molecular formula is C15H20Cl2N2O2. The molecule has 0 spiro atoms. The second kappa shape index (κ2) is 7.34. The highest BCUT2D eigenvalue weighted by atomic mass is 35.5. The molecule has 1 heterocycles. The first kappa shape index (κ1) is 16.4. The maximum atomic E-state index is 12.1.